The highest BCUT2D eigenvalue weighted by Gasteiger charge is 2.29. The number of amides is 2. The lowest BCUT2D eigenvalue weighted by molar-refractivity contribution is -0.385. The van der Waals surface area contributed by atoms with E-state index in [1.54, 1.807) is 16.2 Å². The van der Waals surface area contributed by atoms with E-state index in [9.17, 15) is 19.7 Å². The van der Waals surface area contributed by atoms with Gasteiger partial charge in [-0.3, -0.25) is 19.7 Å². The van der Waals surface area contributed by atoms with Crippen LogP contribution in [0.5, 0.6) is 5.75 Å². The second kappa shape index (κ2) is 9.04. The van der Waals surface area contributed by atoms with E-state index in [1.807, 2.05) is 18.4 Å². The first-order valence-electron chi connectivity index (χ1n) is 9.42. The van der Waals surface area contributed by atoms with Crippen molar-refractivity contribution in [2.75, 3.05) is 13.7 Å². The molecule has 0 saturated heterocycles. The molecule has 2 amide bonds. The van der Waals surface area contributed by atoms with Crippen LogP contribution in [-0.2, 0) is 17.8 Å². The lowest BCUT2D eigenvalue weighted by atomic mass is 10.1. The first kappa shape index (κ1) is 20.8. The molecule has 1 atom stereocenters. The Bertz CT molecular complexity index is 927. The molecule has 0 fully saturated rings. The van der Waals surface area contributed by atoms with Crippen LogP contribution in [0.15, 0.2) is 29.6 Å². The summed E-state index contributed by atoms with van der Waals surface area (Å²) in [6.45, 7) is 3.11. The lowest BCUT2D eigenvalue weighted by Gasteiger charge is -2.31. The average molecular weight is 417 g/mol. The average Bonchev–Trinajstić information content (AvgIpc) is 3.20. The van der Waals surface area contributed by atoms with Crippen LogP contribution in [0.4, 0.5) is 5.69 Å². The highest BCUT2D eigenvalue weighted by molar-refractivity contribution is 7.10. The van der Waals surface area contributed by atoms with Crippen molar-refractivity contribution in [3.8, 4) is 5.75 Å². The number of carbonyl (C=O) groups is 2. The molecule has 1 N–H and O–H groups in total. The van der Waals surface area contributed by atoms with Gasteiger partial charge < -0.3 is 15.0 Å². The third kappa shape index (κ3) is 4.56. The van der Waals surface area contributed by atoms with Gasteiger partial charge in [0.15, 0.2) is 5.75 Å². The highest BCUT2D eigenvalue weighted by Crippen LogP contribution is 2.28. The second-order valence-corrected chi connectivity index (χ2v) is 7.84. The summed E-state index contributed by atoms with van der Waals surface area (Å²) in [5, 5.41) is 16.0. The van der Waals surface area contributed by atoms with Crippen molar-refractivity contribution in [3.05, 3.63) is 55.8 Å². The number of hydrogen-bond donors (Lipinski definition) is 1. The van der Waals surface area contributed by atoms with Crippen molar-refractivity contribution < 1.29 is 19.2 Å². The fourth-order valence-corrected chi connectivity index (χ4v) is 4.31. The van der Waals surface area contributed by atoms with Gasteiger partial charge in [0, 0.05) is 29.6 Å². The largest absolute Gasteiger partial charge is 0.490 e. The molecule has 0 saturated carbocycles. The predicted molar refractivity (Wildman–Crippen MR) is 109 cm³/mol. The van der Waals surface area contributed by atoms with Crippen LogP contribution in [-0.4, -0.2) is 41.3 Å². The molecule has 2 aromatic rings. The number of ether oxygens (including phenoxy) is 1. The molecule has 0 radical (unpaired) electrons. The monoisotopic (exact) mass is 417 g/mol. The van der Waals surface area contributed by atoms with Crippen LogP contribution in [0, 0.1) is 10.1 Å². The maximum absolute atomic E-state index is 13.0. The number of hydrogen-bond acceptors (Lipinski definition) is 6. The van der Waals surface area contributed by atoms with Gasteiger partial charge in [-0.2, -0.15) is 0 Å². The van der Waals surface area contributed by atoms with Crippen LogP contribution in [0.1, 0.15) is 40.6 Å². The van der Waals surface area contributed by atoms with Crippen molar-refractivity contribution in [1.29, 1.82) is 0 Å². The number of fused-ring (bicyclic) bond motifs is 1. The Hall–Kier alpha value is -2.94. The van der Waals surface area contributed by atoms with E-state index >= 15 is 0 Å². The van der Waals surface area contributed by atoms with Gasteiger partial charge in [-0.1, -0.05) is 13.3 Å². The van der Waals surface area contributed by atoms with Crippen molar-refractivity contribution in [1.82, 2.24) is 10.2 Å². The normalized spacial score (nSPS) is 14.1. The zero-order valence-corrected chi connectivity index (χ0v) is 17.2. The first-order chi connectivity index (χ1) is 13.9. The van der Waals surface area contributed by atoms with E-state index < -0.39 is 16.9 Å². The molecule has 0 bridgehead atoms. The number of nitro benzene ring substituents is 1. The molecule has 2 heterocycles. The Morgan fingerprint density at radius 1 is 1.38 bits per heavy atom. The zero-order valence-electron chi connectivity index (χ0n) is 16.3. The molecule has 1 aliphatic heterocycles. The van der Waals surface area contributed by atoms with Crippen molar-refractivity contribution in [2.45, 2.75) is 38.8 Å². The predicted octanol–water partition coefficient (Wildman–Crippen LogP) is 3.15. The van der Waals surface area contributed by atoms with Gasteiger partial charge >= 0.3 is 5.69 Å². The molecule has 1 aliphatic rings. The van der Waals surface area contributed by atoms with Gasteiger partial charge in [0.1, 0.15) is 6.04 Å². The fourth-order valence-electron chi connectivity index (χ4n) is 3.42. The van der Waals surface area contributed by atoms with Crippen molar-refractivity contribution >= 4 is 28.8 Å². The summed E-state index contributed by atoms with van der Waals surface area (Å²) in [6, 6.07) is 5.36. The summed E-state index contributed by atoms with van der Waals surface area (Å²) in [5.74, 6) is -0.566. The van der Waals surface area contributed by atoms with E-state index in [1.165, 1.54) is 30.2 Å². The molecule has 0 aliphatic carbocycles. The van der Waals surface area contributed by atoms with Gasteiger partial charge in [0.05, 0.1) is 12.0 Å². The topological polar surface area (TPSA) is 102 Å². The van der Waals surface area contributed by atoms with Crippen LogP contribution >= 0.6 is 11.3 Å². The minimum Gasteiger partial charge on any atom is -0.490 e. The summed E-state index contributed by atoms with van der Waals surface area (Å²) in [7, 11) is 1.33. The third-order valence-electron chi connectivity index (χ3n) is 4.94. The minimum absolute atomic E-state index is 0.0765. The van der Waals surface area contributed by atoms with Crippen LogP contribution in [0.2, 0.25) is 0 Å². The Balaban J connectivity index is 1.75. The van der Waals surface area contributed by atoms with Crippen LogP contribution < -0.4 is 10.1 Å². The van der Waals surface area contributed by atoms with E-state index in [2.05, 4.69) is 5.32 Å². The molecule has 3 rings (SSSR count). The number of benzene rings is 1. The molecule has 154 valence electrons. The Morgan fingerprint density at radius 2 is 2.17 bits per heavy atom. The molecular formula is C20H23N3O5S. The number of thiophene rings is 1. The summed E-state index contributed by atoms with van der Waals surface area (Å²) in [6.07, 6.45) is 2.03. The van der Waals surface area contributed by atoms with Gasteiger partial charge in [0.2, 0.25) is 5.91 Å². The molecule has 29 heavy (non-hydrogen) atoms. The quantitative estimate of drug-likeness (QED) is 0.551. The van der Waals surface area contributed by atoms with Gasteiger partial charge in [-0.25, -0.2) is 0 Å². The lowest BCUT2D eigenvalue weighted by Crippen LogP contribution is -2.49. The minimum atomic E-state index is -0.672. The van der Waals surface area contributed by atoms with E-state index in [0.29, 0.717) is 19.5 Å². The molecule has 1 aromatic heterocycles. The molecule has 1 unspecified atom stereocenters. The van der Waals surface area contributed by atoms with E-state index in [0.717, 1.165) is 18.4 Å². The summed E-state index contributed by atoms with van der Waals surface area (Å²) in [4.78, 5) is 39.4. The van der Waals surface area contributed by atoms with Crippen LogP contribution in [0.25, 0.3) is 0 Å². The number of rotatable bonds is 7. The molecule has 1 aromatic carbocycles. The first-order valence-corrected chi connectivity index (χ1v) is 10.3. The second-order valence-electron chi connectivity index (χ2n) is 6.84. The number of methoxy groups -OCH3 is 1. The highest BCUT2D eigenvalue weighted by atomic mass is 32.1. The number of nitro groups is 1. The molecule has 9 heteroatoms. The molecular weight excluding hydrogens is 394 g/mol. The van der Waals surface area contributed by atoms with Crippen molar-refractivity contribution in [3.63, 3.8) is 0 Å². The van der Waals surface area contributed by atoms with Gasteiger partial charge in [-0.05, 0) is 42.0 Å². The van der Waals surface area contributed by atoms with E-state index in [-0.39, 0.29) is 22.9 Å². The number of nitrogens with one attached hydrogen (secondary N) is 1. The molecule has 0 spiro atoms. The standard InChI is InChI=1S/C20H23N3O5S/c1-3-4-15(20(25)22-9-7-18-14(12-22)8-10-29-18)21-19(24)13-5-6-17(28-2)16(11-13)23(26)27/h5-6,8,10-11,15H,3-4,7,9,12H2,1-2H3,(H,21,24). The van der Waals surface area contributed by atoms with Crippen LogP contribution in [0.3, 0.4) is 0 Å². The van der Waals surface area contributed by atoms with Crippen molar-refractivity contribution in [2.24, 2.45) is 0 Å². The smallest absolute Gasteiger partial charge is 0.311 e. The van der Waals surface area contributed by atoms with E-state index in [4.69, 9.17) is 4.74 Å². The fraction of sp³-hybridized carbons (Fsp3) is 0.400. The summed E-state index contributed by atoms with van der Waals surface area (Å²) >= 11 is 1.70. The summed E-state index contributed by atoms with van der Waals surface area (Å²) in [5.41, 5.74) is 0.978. The third-order valence-corrected chi connectivity index (χ3v) is 5.96. The zero-order chi connectivity index (χ0) is 21.0. The van der Waals surface area contributed by atoms with Gasteiger partial charge in [0.25, 0.3) is 5.91 Å². The maximum atomic E-state index is 13.0. The Kier molecular flexibility index (Phi) is 6.48. The number of nitrogens with zero attached hydrogens (tertiary/aromatic N) is 2. The summed E-state index contributed by atoms with van der Waals surface area (Å²) < 4.78 is 4.97. The van der Waals surface area contributed by atoms with Gasteiger partial charge in [-0.15, -0.1) is 11.3 Å². The maximum Gasteiger partial charge on any atom is 0.311 e. The molecule has 8 nitrogen and oxygen atoms in total. The SMILES string of the molecule is CCCC(NC(=O)c1ccc(OC)c([N+](=O)[O-])c1)C(=O)N1CCc2sccc2C1. The Morgan fingerprint density at radius 3 is 2.86 bits per heavy atom. The number of carbonyl (C=O) groups excluding carboxylic acids is 2. The Labute approximate surface area is 172 Å².